The Bertz CT molecular complexity index is 241. The third-order valence-corrected chi connectivity index (χ3v) is 1.48. The molecule has 0 spiro atoms. The van der Waals surface area contributed by atoms with Crippen molar-refractivity contribution in [1.82, 2.24) is 0 Å². The summed E-state index contributed by atoms with van der Waals surface area (Å²) in [5, 5.41) is 0. The average molecular weight is 247 g/mol. The van der Waals surface area contributed by atoms with Gasteiger partial charge in [0.1, 0.15) is 5.71 Å². The van der Waals surface area contributed by atoms with Gasteiger partial charge in [-0.05, 0) is 6.92 Å². The van der Waals surface area contributed by atoms with Gasteiger partial charge < -0.3 is 14.2 Å². The van der Waals surface area contributed by atoms with Crippen molar-refractivity contribution in [2.24, 2.45) is 4.99 Å². The fourth-order valence-electron chi connectivity index (χ4n) is 0.561. The fraction of sp³-hybridized carbons (Fsp3) is 0.600. The van der Waals surface area contributed by atoms with Gasteiger partial charge in [-0.3, -0.25) is 14.6 Å². The normalized spacial score (nSPS) is 9.47. The summed E-state index contributed by atoms with van der Waals surface area (Å²) >= 11 is 0. The van der Waals surface area contributed by atoms with Gasteiger partial charge in [0.25, 0.3) is 12.9 Å². The van der Waals surface area contributed by atoms with E-state index in [0.29, 0.717) is 38.3 Å². The molecule has 0 aliphatic carbocycles. The molecule has 0 aromatic heterocycles. The first-order valence-electron chi connectivity index (χ1n) is 4.76. The van der Waals surface area contributed by atoms with Gasteiger partial charge in [0.15, 0.2) is 0 Å². The lowest BCUT2D eigenvalue weighted by molar-refractivity contribution is -0.133. The van der Waals surface area contributed by atoms with Crippen LogP contribution in [0.3, 0.4) is 0 Å². The van der Waals surface area contributed by atoms with Crippen LogP contribution in [0, 0.1) is 0 Å². The third kappa shape index (κ3) is 14.1. The smallest absolute Gasteiger partial charge is 0.351 e. The number of methoxy groups -OCH3 is 1. The summed E-state index contributed by atoms with van der Waals surface area (Å²) in [5.74, 6) is -0.368. The standard InChI is InChI=1S/C5H9NO2.C5H8O4/c1-4(6-2)5(7)8-3;6-4-8-2-1-3-9-5-7/h1-3H3;4-5H,1-3H2. The Morgan fingerprint density at radius 3 is 1.88 bits per heavy atom. The summed E-state index contributed by atoms with van der Waals surface area (Å²) in [4.78, 5) is 33.0. The maximum absolute atomic E-state index is 10.4. The van der Waals surface area contributed by atoms with Gasteiger partial charge in [-0.15, -0.1) is 0 Å². The lowest BCUT2D eigenvalue weighted by atomic mass is 10.4. The number of carbonyl (C=O) groups is 3. The second-order valence-electron chi connectivity index (χ2n) is 2.59. The molecule has 0 radical (unpaired) electrons. The van der Waals surface area contributed by atoms with Gasteiger partial charge in [-0.2, -0.15) is 0 Å². The first-order valence-corrected chi connectivity index (χ1v) is 4.76. The van der Waals surface area contributed by atoms with Crippen molar-refractivity contribution in [3.05, 3.63) is 0 Å². The lowest BCUT2D eigenvalue weighted by Crippen LogP contribution is -2.10. The highest BCUT2D eigenvalue weighted by Gasteiger charge is 2.00. The Balaban J connectivity index is 0. The SMILES string of the molecule is CN=C(C)C(=O)OC.O=COCCCOC=O. The van der Waals surface area contributed by atoms with Gasteiger partial charge in [-0.1, -0.05) is 0 Å². The van der Waals surface area contributed by atoms with Crippen LogP contribution >= 0.6 is 0 Å². The van der Waals surface area contributed by atoms with Crippen LogP contribution in [0.15, 0.2) is 4.99 Å². The van der Waals surface area contributed by atoms with Crippen LogP contribution < -0.4 is 0 Å². The molecule has 0 aliphatic rings. The largest absolute Gasteiger partial charge is 0.468 e. The van der Waals surface area contributed by atoms with Crippen molar-refractivity contribution in [2.45, 2.75) is 13.3 Å². The number of ether oxygens (including phenoxy) is 3. The molecule has 0 aromatic rings. The molecule has 0 aliphatic heterocycles. The van der Waals surface area contributed by atoms with Crippen molar-refractivity contribution in [3.63, 3.8) is 0 Å². The molecule has 0 fully saturated rings. The number of aliphatic imine (C=N–C) groups is 1. The third-order valence-electron chi connectivity index (χ3n) is 1.48. The van der Waals surface area contributed by atoms with E-state index in [-0.39, 0.29) is 5.97 Å². The molecule has 0 aromatic carbocycles. The van der Waals surface area contributed by atoms with Crippen molar-refractivity contribution < 1.29 is 28.6 Å². The summed E-state index contributed by atoms with van der Waals surface area (Å²) in [5.41, 5.74) is 0.396. The molecule has 7 heteroatoms. The Kier molecular flexibility index (Phi) is 14.5. The van der Waals surface area contributed by atoms with E-state index in [1.54, 1.807) is 14.0 Å². The Morgan fingerprint density at radius 1 is 1.18 bits per heavy atom. The minimum Gasteiger partial charge on any atom is -0.468 e. The maximum atomic E-state index is 10.4. The number of esters is 1. The number of rotatable bonds is 7. The second-order valence-corrected chi connectivity index (χ2v) is 2.59. The van der Waals surface area contributed by atoms with E-state index in [0.717, 1.165) is 0 Å². The topological polar surface area (TPSA) is 91.3 Å². The number of hydrogen-bond acceptors (Lipinski definition) is 7. The molecule has 0 heterocycles. The van der Waals surface area contributed by atoms with Crippen molar-refractivity contribution in [1.29, 1.82) is 0 Å². The van der Waals surface area contributed by atoms with Crippen LogP contribution in [0.1, 0.15) is 13.3 Å². The van der Waals surface area contributed by atoms with Crippen LogP contribution in [0.25, 0.3) is 0 Å². The average Bonchev–Trinajstić information content (AvgIpc) is 2.37. The highest BCUT2D eigenvalue weighted by atomic mass is 16.5. The molecule has 0 unspecified atom stereocenters. The second kappa shape index (κ2) is 14.1. The zero-order chi connectivity index (χ0) is 13.5. The van der Waals surface area contributed by atoms with Gasteiger partial charge >= 0.3 is 5.97 Å². The summed E-state index contributed by atoms with van der Waals surface area (Å²) in [7, 11) is 2.88. The molecule has 0 saturated carbocycles. The first-order chi connectivity index (χ1) is 8.13. The molecule has 0 rings (SSSR count). The lowest BCUT2D eigenvalue weighted by Gasteiger charge is -1.95. The predicted octanol–water partition coefficient (Wildman–Crippen LogP) is -0.0274. The molecule has 98 valence electrons. The summed E-state index contributed by atoms with van der Waals surface area (Å²) in [6.45, 7) is 2.93. The Morgan fingerprint density at radius 2 is 1.65 bits per heavy atom. The molecular formula is C10H17NO6. The van der Waals surface area contributed by atoms with E-state index in [4.69, 9.17) is 0 Å². The quantitative estimate of drug-likeness (QED) is 0.206. The first kappa shape index (κ1) is 17.5. The molecular weight excluding hydrogens is 230 g/mol. The highest BCUT2D eigenvalue weighted by Crippen LogP contribution is 1.79. The van der Waals surface area contributed by atoms with Crippen LogP contribution in [-0.2, 0) is 28.6 Å². The van der Waals surface area contributed by atoms with E-state index in [2.05, 4.69) is 19.2 Å². The maximum Gasteiger partial charge on any atom is 0.351 e. The van der Waals surface area contributed by atoms with E-state index in [1.807, 2.05) is 0 Å². The molecule has 0 atom stereocenters. The van der Waals surface area contributed by atoms with Crippen LogP contribution in [0.2, 0.25) is 0 Å². The van der Waals surface area contributed by atoms with Gasteiger partial charge in [-0.25, -0.2) is 4.79 Å². The van der Waals surface area contributed by atoms with Gasteiger partial charge in [0, 0.05) is 13.5 Å². The zero-order valence-electron chi connectivity index (χ0n) is 10.2. The van der Waals surface area contributed by atoms with E-state index in [1.165, 1.54) is 7.11 Å². The summed E-state index contributed by atoms with van der Waals surface area (Å²) in [6, 6.07) is 0. The molecule has 0 bridgehead atoms. The number of hydrogen-bond donors (Lipinski definition) is 0. The Hall–Kier alpha value is -1.92. The van der Waals surface area contributed by atoms with E-state index >= 15 is 0 Å². The minimum absolute atomic E-state index is 0.303. The molecule has 17 heavy (non-hydrogen) atoms. The summed E-state index contributed by atoms with van der Waals surface area (Å²) < 4.78 is 12.9. The monoisotopic (exact) mass is 247 g/mol. The van der Waals surface area contributed by atoms with E-state index in [9.17, 15) is 14.4 Å². The summed E-state index contributed by atoms with van der Waals surface area (Å²) in [6.07, 6.45) is 0.553. The fourth-order valence-corrected chi connectivity index (χ4v) is 0.561. The molecule has 0 N–H and O–H groups in total. The van der Waals surface area contributed by atoms with Crippen LogP contribution in [0.4, 0.5) is 0 Å². The zero-order valence-corrected chi connectivity index (χ0v) is 10.2. The van der Waals surface area contributed by atoms with Crippen LogP contribution in [0.5, 0.6) is 0 Å². The molecule has 0 saturated heterocycles. The minimum atomic E-state index is -0.368. The van der Waals surface area contributed by atoms with Crippen molar-refractivity contribution in [2.75, 3.05) is 27.4 Å². The van der Waals surface area contributed by atoms with Crippen LogP contribution in [-0.4, -0.2) is 52.0 Å². The predicted molar refractivity (Wildman–Crippen MR) is 59.7 cm³/mol. The van der Waals surface area contributed by atoms with Crippen molar-refractivity contribution in [3.8, 4) is 0 Å². The number of nitrogens with zero attached hydrogens (tertiary/aromatic N) is 1. The van der Waals surface area contributed by atoms with Gasteiger partial charge in [0.2, 0.25) is 0 Å². The van der Waals surface area contributed by atoms with Gasteiger partial charge in [0.05, 0.1) is 20.3 Å². The molecule has 0 amide bonds. The molecule has 7 nitrogen and oxygen atoms in total. The van der Waals surface area contributed by atoms with Crippen molar-refractivity contribution >= 4 is 24.6 Å². The highest BCUT2D eigenvalue weighted by molar-refractivity contribution is 6.35. The Labute approximate surface area is 99.8 Å². The van der Waals surface area contributed by atoms with E-state index < -0.39 is 0 Å². The number of carbonyl (C=O) groups excluding carboxylic acids is 3.